The van der Waals surface area contributed by atoms with Crippen LogP contribution >= 0.6 is 0 Å². The fourth-order valence-corrected chi connectivity index (χ4v) is 3.35. The van der Waals surface area contributed by atoms with Crippen molar-refractivity contribution in [3.63, 3.8) is 0 Å². The van der Waals surface area contributed by atoms with E-state index in [0.29, 0.717) is 13.1 Å². The molecule has 160 valence electrons. The summed E-state index contributed by atoms with van der Waals surface area (Å²) < 4.78 is 5.16. The van der Waals surface area contributed by atoms with E-state index < -0.39 is 6.04 Å². The lowest BCUT2D eigenvalue weighted by atomic mass is 10.0. The number of hydrogen-bond acceptors (Lipinski definition) is 4. The van der Waals surface area contributed by atoms with Gasteiger partial charge in [0, 0.05) is 13.1 Å². The van der Waals surface area contributed by atoms with Crippen molar-refractivity contribution in [1.29, 1.82) is 0 Å². The third-order valence-corrected chi connectivity index (χ3v) is 5.24. The average Bonchev–Trinajstić information content (AvgIpc) is 2.73. The van der Waals surface area contributed by atoms with E-state index in [0.717, 1.165) is 16.9 Å². The number of carbonyl (C=O) groups is 3. The Morgan fingerprint density at radius 1 is 1.03 bits per heavy atom. The van der Waals surface area contributed by atoms with Gasteiger partial charge < -0.3 is 19.6 Å². The van der Waals surface area contributed by atoms with Crippen LogP contribution in [0.2, 0.25) is 0 Å². The summed E-state index contributed by atoms with van der Waals surface area (Å²) in [5.41, 5.74) is 4.44. The van der Waals surface area contributed by atoms with Gasteiger partial charge in [-0.2, -0.15) is 0 Å². The van der Waals surface area contributed by atoms with Gasteiger partial charge in [0.1, 0.15) is 18.3 Å². The summed E-state index contributed by atoms with van der Waals surface area (Å²) in [6, 6.07) is 13.3. The summed E-state index contributed by atoms with van der Waals surface area (Å²) in [4.78, 5) is 37.2. The van der Waals surface area contributed by atoms with Crippen LogP contribution in [0, 0.1) is 13.8 Å². The second-order valence-electron chi connectivity index (χ2n) is 7.26. The third-order valence-electron chi connectivity index (χ3n) is 5.24. The maximum atomic E-state index is 12.8. The Bertz CT molecular complexity index is 895. The first kappa shape index (κ1) is 22.9. The normalized spacial score (nSPS) is 16.1. The van der Waals surface area contributed by atoms with Gasteiger partial charge in [0.25, 0.3) is 6.47 Å². The van der Waals surface area contributed by atoms with Gasteiger partial charge in [-0.25, -0.2) is 0 Å². The Morgan fingerprint density at radius 2 is 1.63 bits per heavy atom. The molecule has 1 fully saturated rings. The quantitative estimate of drug-likeness (QED) is 0.763. The molecule has 0 spiro atoms. The maximum absolute atomic E-state index is 12.8. The number of benzene rings is 2. The molecule has 7 heteroatoms. The van der Waals surface area contributed by atoms with Gasteiger partial charge in [0.2, 0.25) is 11.8 Å². The molecule has 1 aliphatic rings. The first-order valence-electron chi connectivity index (χ1n) is 9.65. The lowest BCUT2D eigenvalue weighted by molar-refractivity contribution is -0.156. The Hall–Kier alpha value is -3.35. The number of hydrogen-bond donors (Lipinski definition) is 1. The zero-order valence-electron chi connectivity index (χ0n) is 17.8. The highest BCUT2D eigenvalue weighted by molar-refractivity contribution is 5.94. The van der Waals surface area contributed by atoms with Crippen LogP contribution in [0.15, 0.2) is 42.5 Å². The molecular formula is C23H28N2O5. The molecule has 0 saturated carbocycles. The van der Waals surface area contributed by atoms with Crippen molar-refractivity contribution in [1.82, 2.24) is 9.80 Å². The summed E-state index contributed by atoms with van der Waals surface area (Å²) >= 11 is 0. The molecule has 1 N–H and O–H groups in total. The van der Waals surface area contributed by atoms with Crippen LogP contribution in [-0.2, 0) is 27.5 Å². The van der Waals surface area contributed by atoms with E-state index in [2.05, 4.69) is 26.0 Å². The molecule has 0 bridgehead atoms. The Balaban J connectivity index is 0.00000101. The van der Waals surface area contributed by atoms with Gasteiger partial charge in [0.15, 0.2) is 0 Å². The Labute approximate surface area is 176 Å². The lowest BCUT2D eigenvalue weighted by Gasteiger charge is -2.39. The number of aryl methyl sites for hydroxylation is 2. The Morgan fingerprint density at radius 3 is 2.20 bits per heavy atom. The van der Waals surface area contributed by atoms with Gasteiger partial charge in [0.05, 0.1) is 7.11 Å². The van der Waals surface area contributed by atoms with E-state index >= 15 is 0 Å². The highest BCUT2D eigenvalue weighted by Crippen LogP contribution is 2.20. The second kappa shape index (κ2) is 10.4. The van der Waals surface area contributed by atoms with E-state index in [1.165, 1.54) is 11.1 Å². The van der Waals surface area contributed by atoms with E-state index in [1.807, 2.05) is 37.3 Å². The molecule has 30 heavy (non-hydrogen) atoms. The number of carboxylic acid groups (broad SMARTS) is 1. The molecular weight excluding hydrogens is 384 g/mol. The molecule has 0 radical (unpaired) electrons. The van der Waals surface area contributed by atoms with E-state index in [-0.39, 0.29) is 24.8 Å². The van der Waals surface area contributed by atoms with Gasteiger partial charge in [-0.05, 0) is 55.2 Å². The molecule has 2 amide bonds. The molecule has 0 unspecified atom stereocenters. The molecule has 2 aromatic carbocycles. The standard InChI is InChI=1S/C22H26N2O3.CH2O2/c1-15-5-6-19(11-16(15)2)13-24-17(3)22(26)23(14-21(24)25)12-18-7-9-20(27-4)10-8-18;2-1-3/h5-11,17H,12-14H2,1-4H3;1H,(H,2,3)/t17-;/m0./s1. The van der Waals surface area contributed by atoms with Gasteiger partial charge in [-0.15, -0.1) is 0 Å². The first-order valence-corrected chi connectivity index (χ1v) is 9.65. The average molecular weight is 412 g/mol. The largest absolute Gasteiger partial charge is 0.497 e. The number of piperazine rings is 1. The fourth-order valence-electron chi connectivity index (χ4n) is 3.35. The fraction of sp³-hybridized carbons (Fsp3) is 0.348. The van der Waals surface area contributed by atoms with Crippen molar-refractivity contribution < 1.29 is 24.2 Å². The zero-order chi connectivity index (χ0) is 22.3. The molecule has 3 rings (SSSR count). The van der Waals surface area contributed by atoms with Crippen LogP contribution in [0.5, 0.6) is 5.75 Å². The zero-order valence-corrected chi connectivity index (χ0v) is 17.8. The summed E-state index contributed by atoms with van der Waals surface area (Å²) in [6.07, 6.45) is 0. The predicted molar refractivity (Wildman–Crippen MR) is 113 cm³/mol. The summed E-state index contributed by atoms with van der Waals surface area (Å²) in [5, 5.41) is 6.89. The monoisotopic (exact) mass is 412 g/mol. The van der Waals surface area contributed by atoms with Crippen molar-refractivity contribution in [3.8, 4) is 5.75 Å². The third kappa shape index (κ3) is 5.59. The maximum Gasteiger partial charge on any atom is 0.290 e. The highest BCUT2D eigenvalue weighted by atomic mass is 16.5. The number of methoxy groups -OCH3 is 1. The van der Waals surface area contributed by atoms with Crippen LogP contribution in [0.3, 0.4) is 0 Å². The molecule has 2 aromatic rings. The molecule has 1 aliphatic heterocycles. The molecule has 0 aromatic heterocycles. The Kier molecular flexibility index (Phi) is 7.98. The number of carbonyl (C=O) groups excluding carboxylic acids is 2. The van der Waals surface area contributed by atoms with Crippen molar-refractivity contribution in [2.75, 3.05) is 13.7 Å². The SMILES string of the molecule is COc1ccc(CN2CC(=O)N(Cc3ccc(C)c(C)c3)[C@@H](C)C2=O)cc1.O=CO. The smallest absolute Gasteiger partial charge is 0.290 e. The van der Waals surface area contributed by atoms with E-state index in [9.17, 15) is 9.59 Å². The molecule has 0 aliphatic carbocycles. The van der Waals surface area contributed by atoms with Gasteiger partial charge in [-0.1, -0.05) is 30.3 Å². The van der Waals surface area contributed by atoms with Crippen molar-refractivity contribution >= 4 is 18.3 Å². The number of amides is 2. The van der Waals surface area contributed by atoms with Crippen LogP contribution < -0.4 is 4.74 Å². The summed E-state index contributed by atoms with van der Waals surface area (Å²) in [6.45, 7) is 6.68. The lowest BCUT2D eigenvalue weighted by Crippen LogP contribution is -2.57. The van der Waals surface area contributed by atoms with Gasteiger partial charge >= 0.3 is 0 Å². The minimum atomic E-state index is -0.467. The minimum Gasteiger partial charge on any atom is -0.497 e. The number of ether oxygens (including phenoxy) is 1. The summed E-state index contributed by atoms with van der Waals surface area (Å²) in [5.74, 6) is 0.732. The second-order valence-corrected chi connectivity index (χ2v) is 7.26. The molecule has 1 saturated heterocycles. The van der Waals surface area contributed by atoms with Crippen LogP contribution in [0.4, 0.5) is 0 Å². The van der Waals surface area contributed by atoms with Crippen LogP contribution in [0.25, 0.3) is 0 Å². The van der Waals surface area contributed by atoms with E-state index in [1.54, 1.807) is 16.9 Å². The van der Waals surface area contributed by atoms with Crippen molar-refractivity contribution in [2.24, 2.45) is 0 Å². The highest BCUT2D eigenvalue weighted by Gasteiger charge is 2.36. The van der Waals surface area contributed by atoms with Crippen molar-refractivity contribution in [3.05, 3.63) is 64.7 Å². The van der Waals surface area contributed by atoms with Crippen molar-refractivity contribution in [2.45, 2.75) is 39.9 Å². The number of nitrogens with zero attached hydrogens (tertiary/aromatic N) is 2. The van der Waals surface area contributed by atoms with Gasteiger partial charge in [-0.3, -0.25) is 14.4 Å². The van der Waals surface area contributed by atoms with E-state index in [4.69, 9.17) is 14.6 Å². The van der Waals surface area contributed by atoms with Crippen LogP contribution in [-0.4, -0.2) is 52.9 Å². The van der Waals surface area contributed by atoms with Crippen LogP contribution in [0.1, 0.15) is 29.2 Å². The molecule has 1 heterocycles. The molecule has 1 atom stereocenters. The minimum absolute atomic E-state index is 0.0192. The predicted octanol–water partition coefficient (Wildman–Crippen LogP) is 2.77. The summed E-state index contributed by atoms with van der Waals surface area (Å²) in [7, 11) is 1.62. The molecule has 7 nitrogen and oxygen atoms in total. The topological polar surface area (TPSA) is 87.2 Å². The number of rotatable bonds is 5. The first-order chi connectivity index (χ1) is 14.3.